The maximum atomic E-state index is 5.61. The van der Waals surface area contributed by atoms with E-state index in [1.54, 1.807) is 0 Å². The standard InChI is InChI=1S/C82H55N3/c1-9-25-56(26-10-1)58-41-45-66(46-42-58)75-55-76(84-82(83-75)67-47-43-59(44-48-67)57-27-11-2-12-28-57)68-53-73(64-37-21-7-22-38-64)79(74(54-68)65-39-23-8-24-40-65)85-80-71(62-33-17-5-18-34-62)51-49-69(60-29-13-3-14-30-60)77(80)78-70(61-31-15-4-16-32-61)50-52-72(81(78)85)63-35-19-6-20-36-63/h1-55H. The number of fused-ring (bicyclic) bond motifs is 3. The van der Waals surface area contributed by atoms with Crippen molar-refractivity contribution in [1.82, 2.24) is 14.5 Å². The van der Waals surface area contributed by atoms with Gasteiger partial charge in [0.25, 0.3) is 0 Å². The highest BCUT2D eigenvalue weighted by Crippen LogP contribution is 2.52. The Kier molecular flexibility index (Phi) is 13.3. The van der Waals surface area contributed by atoms with Crippen molar-refractivity contribution in [1.29, 1.82) is 0 Å². The number of hydrogen-bond donors (Lipinski definition) is 0. The van der Waals surface area contributed by atoms with Crippen LogP contribution < -0.4 is 0 Å². The van der Waals surface area contributed by atoms with Crippen LogP contribution in [-0.4, -0.2) is 14.5 Å². The molecule has 2 heterocycles. The molecule has 0 aliphatic carbocycles. The number of aromatic nitrogens is 3. The van der Waals surface area contributed by atoms with Gasteiger partial charge >= 0.3 is 0 Å². The first-order valence-corrected chi connectivity index (χ1v) is 29.0. The van der Waals surface area contributed by atoms with Crippen LogP contribution in [0.15, 0.2) is 334 Å². The highest BCUT2D eigenvalue weighted by atomic mass is 15.0. The van der Waals surface area contributed by atoms with Gasteiger partial charge < -0.3 is 4.57 Å². The molecule has 0 radical (unpaired) electrons. The van der Waals surface area contributed by atoms with Gasteiger partial charge in [-0.2, -0.15) is 0 Å². The van der Waals surface area contributed by atoms with E-state index in [2.05, 4.69) is 338 Å². The van der Waals surface area contributed by atoms with Crippen LogP contribution in [0.4, 0.5) is 0 Å². The molecular formula is C82H55N3. The first kappa shape index (κ1) is 50.7. The molecule has 0 aliphatic heterocycles. The Morgan fingerprint density at radius 2 is 0.447 bits per heavy atom. The highest BCUT2D eigenvalue weighted by Gasteiger charge is 2.29. The molecule has 85 heavy (non-hydrogen) atoms. The van der Waals surface area contributed by atoms with Crippen molar-refractivity contribution >= 4 is 21.8 Å². The predicted molar refractivity (Wildman–Crippen MR) is 356 cm³/mol. The second-order valence-electron chi connectivity index (χ2n) is 21.6. The monoisotopic (exact) mass is 1080 g/mol. The minimum Gasteiger partial charge on any atom is -0.307 e. The van der Waals surface area contributed by atoms with Crippen LogP contribution in [0.1, 0.15) is 0 Å². The molecule has 0 spiro atoms. The van der Waals surface area contributed by atoms with Crippen LogP contribution in [0.25, 0.3) is 150 Å². The summed E-state index contributed by atoms with van der Waals surface area (Å²) in [7, 11) is 0. The molecule has 15 aromatic rings. The summed E-state index contributed by atoms with van der Waals surface area (Å²) in [5.74, 6) is 0.648. The van der Waals surface area contributed by atoms with Crippen molar-refractivity contribution in [2.45, 2.75) is 0 Å². The lowest BCUT2D eigenvalue weighted by molar-refractivity contribution is 1.17. The molecule has 15 rings (SSSR count). The molecule has 13 aromatic carbocycles. The molecule has 3 heteroatoms. The second kappa shape index (κ2) is 22.2. The van der Waals surface area contributed by atoms with Gasteiger partial charge in [-0.3, -0.25) is 0 Å². The van der Waals surface area contributed by atoms with Gasteiger partial charge in [-0.25, -0.2) is 9.97 Å². The van der Waals surface area contributed by atoms with E-state index in [9.17, 15) is 0 Å². The van der Waals surface area contributed by atoms with Crippen molar-refractivity contribution in [3.8, 4) is 129 Å². The van der Waals surface area contributed by atoms with Gasteiger partial charge in [0.05, 0.1) is 28.1 Å². The third kappa shape index (κ3) is 9.60. The Bertz CT molecular complexity index is 4530. The van der Waals surface area contributed by atoms with Crippen molar-refractivity contribution < 1.29 is 0 Å². The summed E-state index contributed by atoms with van der Waals surface area (Å²) in [6.45, 7) is 0. The summed E-state index contributed by atoms with van der Waals surface area (Å²) in [4.78, 5) is 11.0. The Morgan fingerprint density at radius 3 is 0.800 bits per heavy atom. The molecule has 0 unspecified atom stereocenters. The summed E-state index contributed by atoms with van der Waals surface area (Å²) in [5.41, 5.74) is 25.9. The zero-order valence-corrected chi connectivity index (χ0v) is 46.6. The average Bonchev–Trinajstić information content (AvgIpc) is 1.64. The fraction of sp³-hybridized carbons (Fsp3) is 0. The fourth-order valence-corrected chi connectivity index (χ4v) is 12.4. The fourth-order valence-electron chi connectivity index (χ4n) is 12.4. The van der Waals surface area contributed by atoms with E-state index >= 15 is 0 Å². The van der Waals surface area contributed by atoms with E-state index in [0.29, 0.717) is 5.82 Å². The Hall–Kier alpha value is -11.3. The maximum Gasteiger partial charge on any atom is 0.160 e. The van der Waals surface area contributed by atoms with Gasteiger partial charge in [-0.1, -0.05) is 315 Å². The largest absolute Gasteiger partial charge is 0.307 e. The molecule has 0 atom stereocenters. The predicted octanol–water partition coefficient (Wildman–Crippen LogP) is 21.9. The minimum atomic E-state index is 0.648. The smallest absolute Gasteiger partial charge is 0.160 e. The van der Waals surface area contributed by atoms with E-state index in [0.717, 1.165) is 128 Å². The molecule has 0 saturated carbocycles. The third-order valence-corrected chi connectivity index (χ3v) is 16.5. The van der Waals surface area contributed by atoms with Crippen molar-refractivity contribution in [3.05, 3.63) is 334 Å². The van der Waals surface area contributed by atoms with Gasteiger partial charge in [0, 0.05) is 49.7 Å². The quantitative estimate of drug-likeness (QED) is 0.122. The number of nitrogens with zero attached hydrogens (tertiary/aromatic N) is 3. The van der Waals surface area contributed by atoms with Crippen LogP contribution >= 0.6 is 0 Å². The van der Waals surface area contributed by atoms with E-state index in [1.807, 2.05) is 0 Å². The summed E-state index contributed by atoms with van der Waals surface area (Å²) in [6, 6.07) is 120. The molecule has 0 amide bonds. The van der Waals surface area contributed by atoms with E-state index in [4.69, 9.17) is 9.97 Å². The zero-order valence-electron chi connectivity index (χ0n) is 46.6. The molecule has 0 N–H and O–H groups in total. The van der Waals surface area contributed by atoms with Crippen molar-refractivity contribution in [2.75, 3.05) is 0 Å². The van der Waals surface area contributed by atoms with Crippen LogP contribution in [0.5, 0.6) is 0 Å². The number of benzene rings is 13. The first-order valence-electron chi connectivity index (χ1n) is 29.0. The van der Waals surface area contributed by atoms with Crippen molar-refractivity contribution in [2.24, 2.45) is 0 Å². The summed E-state index contributed by atoms with van der Waals surface area (Å²) >= 11 is 0. The van der Waals surface area contributed by atoms with Gasteiger partial charge in [-0.05, 0) is 85.0 Å². The molecule has 0 aliphatic rings. The van der Waals surface area contributed by atoms with Gasteiger partial charge in [0.2, 0.25) is 0 Å². The minimum absolute atomic E-state index is 0.648. The van der Waals surface area contributed by atoms with Crippen LogP contribution in [0.2, 0.25) is 0 Å². The van der Waals surface area contributed by atoms with E-state index < -0.39 is 0 Å². The molecular weight excluding hydrogens is 1030 g/mol. The van der Waals surface area contributed by atoms with Crippen LogP contribution in [-0.2, 0) is 0 Å². The Morgan fingerprint density at radius 1 is 0.188 bits per heavy atom. The third-order valence-electron chi connectivity index (χ3n) is 16.5. The summed E-state index contributed by atoms with van der Waals surface area (Å²) < 4.78 is 2.64. The summed E-state index contributed by atoms with van der Waals surface area (Å²) in [6.07, 6.45) is 0. The number of rotatable bonds is 12. The zero-order chi connectivity index (χ0) is 56.5. The molecule has 3 nitrogen and oxygen atoms in total. The SMILES string of the molecule is c1ccc(-c2ccc(-c3cc(-c4cc(-c5ccccc5)c(-n5c6c(-c7ccccc7)ccc(-c7ccccc7)c6c6c(-c7ccccc7)ccc(-c7ccccc7)c65)c(-c5ccccc5)c4)nc(-c4ccc(-c5ccccc5)cc4)n3)cc2)cc1. The van der Waals surface area contributed by atoms with Crippen molar-refractivity contribution in [3.63, 3.8) is 0 Å². The van der Waals surface area contributed by atoms with Gasteiger partial charge in [0.15, 0.2) is 5.82 Å². The van der Waals surface area contributed by atoms with E-state index in [1.165, 1.54) is 16.3 Å². The lowest BCUT2D eigenvalue weighted by Gasteiger charge is -2.23. The van der Waals surface area contributed by atoms with Crippen LogP contribution in [0, 0.1) is 0 Å². The lowest BCUT2D eigenvalue weighted by Crippen LogP contribution is -2.04. The van der Waals surface area contributed by atoms with Crippen LogP contribution in [0.3, 0.4) is 0 Å². The molecule has 0 fully saturated rings. The number of hydrogen-bond acceptors (Lipinski definition) is 2. The molecule has 0 saturated heterocycles. The highest BCUT2D eigenvalue weighted by molar-refractivity contribution is 6.26. The topological polar surface area (TPSA) is 30.7 Å². The normalized spacial score (nSPS) is 11.3. The summed E-state index contributed by atoms with van der Waals surface area (Å²) in [5, 5.41) is 2.37. The lowest BCUT2D eigenvalue weighted by atomic mass is 9.90. The Balaban J connectivity index is 1.08. The molecule has 2 aromatic heterocycles. The molecule has 0 bridgehead atoms. The van der Waals surface area contributed by atoms with Gasteiger partial charge in [0.1, 0.15) is 0 Å². The van der Waals surface area contributed by atoms with E-state index in [-0.39, 0.29) is 0 Å². The Labute approximate surface area is 495 Å². The second-order valence-corrected chi connectivity index (χ2v) is 21.6. The average molecular weight is 1080 g/mol. The maximum absolute atomic E-state index is 5.61. The first-order chi connectivity index (χ1) is 42.2. The van der Waals surface area contributed by atoms with Gasteiger partial charge in [-0.15, -0.1) is 0 Å². The molecule has 398 valence electrons.